The molecule has 2 fully saturated rings. The molecule has 0 aromatic carbocycles. The normalized spacial score (nSPS) is 29.1. The molecule has 2 rings (SSSR count). The summed E-state index contributed by atoms with van der Waals surface area (Å²) in [5, 5.41) is 5.40. The van der Waals surface area contributed by atoms with E-state index < -0.39 is 0 Å². The van der Waals surface area contributed by atoms with Crippen LogP contribution in [0, 0.1) is 11.8 Å². The van der Waals surface area contributed by atoms with Crippen LogP contribution in [0.4, 0.5) is 4.79 Å². The minimum atomic E-state index is -0.336. The van der Waals surface area contributed by atoms with Crippen LogP contribution < -0.4 is 10.6 Å². The molecular formula is C16H29N3O2. The highest BCUT2D eigenvalue weighted by molar-refractivity contribution is 5.96. The van der Waals surface area contributed by atoms with Crippen LogP contribution in [-0.2, 0) is 4.79 Å². The van der Waals surface area contributed by atoms with Gasteiger partial charge in [-0.2, -0.15) is 0 Å². The number of carbonyl (C=O) groups is 2. The van der Waals surface area contributed by atoms with Gasteiger partial charge in [-0.05, 0) is 38.0 Å². The second-order valence-electron chi connectivity index (χ2n) is 7.02. The number of rotatable bonds is 3. The van der Waals surface area contributed by atoms with Gasteiger partial charge in [0.2, 0.25) is 5.91 Å². The van der Waals surface area contributed by atoms with E-state index in [2.05, 4.69) is 29.4 Å². The van der Waals surface area contributed by atoms with Gasteiger partial charge in [0.1, 0.15) is 0 Å². The summed E-state index contributed by atoms with van der Waals surface area (Å²) in [6, 6.07) is -0.343. The zero-order valence-corrected chi connectivity index (χ0v) is 13.5. The molecule has 5 nitrogen and oxygen atoms in total. The van der Waals surface area contributed by atoms with Crippen LogP contribution in [0.5, 0.6) is 0 Å². The molecule has 0 bridgehead atoms. The number of amides is 3. The van der Waals surface area contributed by atoms with E-state index in [4.69, 9.17) is 0 Å². The van der Waals surface area contributed by atoms with E-state index in [1.807, 2.05) is 6.92 Å². The summed E-state index contributed by atoms with van der Waals surface area (Å²) in [5.74, 6) is 1.03. The first-order chi connectivity index (χ1) is 9.95. The highest BCUT2D eigenvalue weighted by Gasteiger charge is 2.29. The molecule has 2 N–H and O–H groups in total. The lowest BCUT2D eigenvalue weighted by Crippen LogP contribution is -2.53. The number of piperidine rings is 1. The number of hydrogen-bond donors (Lipinski definition) is 2. The molecule has 5 heteroatoms. The first kappa shape index (κ1) is 16.3. The van der Waals surface area contributed by atoms with Crippen molar-refractivity contribution in [2.75, 3.05) is 13.1 Å². The number of urea groups is 1. The predicted octanol–water partition coefficient (Wildman–Crippen LogP) is 2.12. The Morgan fingerprint density at radius 2 is 1.67 bits per heavy atom. The number of imide groups is 1. The minimum Gasteiger partial charge on any atom is -0.335 e. The topological polar surface area (TPSA) is 61.4 Å². The van der Waals surface area contributed by atoms with E-state index in [1.54, 1.807) is 0 Å². The smallest absolute Gasteiger partial charge is 0.321 e. The standard InChI is InChI=1S/C16H29N3O2/c1-11-8-12(2)10-19(9-11)13(3)15(20)18-16(21)17-14-6-4-5-7-14/h11-14H,4-10H2,1-3H3,(H2,17,18,20,21)/t11-,12+,13-/m1/s1. The van der Waals surface area contributed by atoms with Gasteiger partial charge in [-0.15, -0.1) is 0 Å². The van der Waals surface area contributed by atoms with Crippen LogP contribution in [0.15, 0.2) is 0 Å². The minimum absolute atomic E-state index is 0.188. The fraction of sp³-hybridized carbons (Fsp3) is 0.875. The monoisotopic (exact) mass is 295 g/mol. The lowest BCUT2D eigenvalue weighted by molar-refractivity contribution is -0.125. The summed E-state index contributed by atoms with van der Waals surface area (Å²) in [5.41, 5.74) is 0. The van der Waals surface area contributed by atoms with Crippen molar-refractivity contribution < 1.29 is 9.59 Å². The Balaban J connectivity index is 1.79. The number of carbonyl (C=O) groups excluding carboxylic acids is 2. The van der Waals surface area contributed by atoms with Crippen LogP contribution >= 0.6 is 0 Å². The summed E-state index contributed by atoms with van der Waals surface area (Å²) in [6.07, 6.45) is 5.60. The van der Waals surface area contributed by atoms with Gasteiger partial charge >= 0.3 is 6.03 Å². The van der Waals surface area contributed by atoms with Crippen molar-refractivity contribution in [2.45, 2.75) is 65.0 Å². The second kappa shape index (κ2) is 7.25. The summed E-state index contributed by atoms with van der Waals surface area (Å²) in [6.45, 7) is 8.20. The van der Waals surface area contributed by atoms with Gasteiger partial charge in [-0.25, -0.2) is 4.79 Å². The van der Waals surface area contributed by atoms with Gasteiger partial charge in [0, 0.05) is 19.1 Å². The van der Waals surface area contributed by atoms with Crippen molar-refractivity contribution in [1.82, 2.24) is 15.5 Å². The largest absolute Gasteiger partial charge is 0.335 e. The average Bonchev–Trinajstić information content (AvgIpc) is 2.89. The highest BCUT2D eigenvalue weighted by atomic mass is 16.2. The molecule has 1 aliphatic heterocycles. The van der Waals surface area contributed by atoms with Gasteiger partial charge in [-0.3, -0.25) is 15.0 Å². The predicted molar refractivity (Wildman–Crippen MR) is 82.9 cm³/mol. The molecule has 2 aliphatic rings. The van der Waals surface area contributed by atoms with Crippen LogP contribution in [-0.4, -0.2) is 42.0 Å². The quantitative estimate of drug-likeness (QED) is 0.838. The second-order valence-corrected chi connectivity index (χ2v) is 7.02. The van der Waals surface area contributed by atoms with Crippen LogP contribution in [0.1, 0.15) is 52.9 Å². The molecule has 0 unspecified atom stereocenters. The molecule has 3 atom stereocenters. The van der Waals surface area contributed by atoms with Crippen molar-refractivity contribution in [2.24, 2.45) is 11.8 Å². The zero-order valence-electron chi connectivity index (χ0n) is 13.5. The summed E-state index contributed by atoms with van der Waals surface area (Å²) < 4.78 is 0. The number of likely N-dealkylation sites (tertiary alicyclic amines) is 1. The third-order valence-electron chi connectivity index (χ3n) is 4.75. The summed E-state index contributed by atoms with van der Waals surface area (Å²) in [7, 11) is 0. The maximum Gasteiger partial charge on any atom is 0.321 e. The fourth-order valence-electron chi connectivity index (χ4n) is 3.70. The van der Waals surface area contributed by atoms with Crippen LogP contribution in [0.25, 0.3) is 0 Å². The summed E-state index contributed by atoms with van der Waals surface area (Å²) >= 11 is 0. The maximum atomic E-state index is 12.2. The molecule has 1 aliphatic carbocycles. The molecule has 1 saturated carbocycles. The third-order valence-corrected chi connectivity index (χ3v) is 4.75. The Morgan fingerprint density at radius 1 is 1.10 bits per heavy atom. The number of hydrogen-bond acceptors (Lipinski definition) is 3. The van der Waals surface area contributed by atoms with E-state index in [0.717, 1.165) is 25.9 Å². The van der Waals surface area contributed by atoms with E-state index >= 15 is 0 Å². The van der Waals surface area contributed by atoms with E-state index in [1.165, 1.54) is 19.3 Å². The summed E-state index contributed by atoms with van der Waals surface area (Å²) in [4.78, 5) is 26.3. The molecule has 0 spiro atoms. The first-order valence-electron chi connectivity index (χ1n) is 8.31. The lowest BCUT2D eigenvalue weighted by Gasteiger charge is -2.38. The van der Waals surface area contributed by atoms with Gasteiger partial charge < -0.3 is 5.32 Å². The number of nitrogens with one attached hydrogen (secondary N) is 2. The highest BCUT2D eigenvalue weighted by Crippen LogP contribution is 2.22. The number of nitrogens with zero attached hydrogens (tertiary/aromatic N) is 1. The van der Waals surface area contributed by atoms with Crippen molar-refractivity contribution in [1.29, 1.82) is 0 Å². The first-order valence-corrected chi connectivity index (χ1v) is 8.31. The molecule has 3 amide bonds. The molecule has 0 aromatic heterocycles. The van der Waals surface area contributed by atoms with Crippen molar-refractivity contribution in [3.63, 3.8) is 0 Å². The van der Waals surface area contributed by atoms with E-state index in [0.29, 0.717) is 11.8 Å². The van der Waals surface area contributed by atoms with Crippen LogP contribution in [0.2, 0.25) is 0 Å². The molecule has 1 saturated heterocycles. The van der Waals surface area contributed by atoms with Crippen molar-refractivity contribution in [3.8, 4) is 0 Å². The maximum absolute atomic E-state index is 12.2. The van der Waals surface area contributed by atoms with Crippen LogP contribution in [0.3, 0.4) is 0 Å². The van der Waals surface area contributed by atoms with Gasteiger partial charge in [-0.1, -0.05) is 26.7 Å². The Labute approximate surface area is 127 Å². The third kappa shape index (κ3) is 4.70. The molecule has 0 radical (unpaired) electrons. The van der Waals surface area contributed by atoms with E-state index in [9.17, 15) is 9.59 Å². The Hall–Kier alpha value is -1.10. The van der Waals surface area contributed by atoms with Crippen molar-refractivity contribution in [3.05, 3.63) is 0 Å². The lowest BCUT2D eigenvalue weighted by atomic mass is 9.91. The fourth-order valence-corrected chi connectivity index (χ4v) is 3.70. The SMILES string of the molecule is C[C@@H]1C[C@H](C)CN([C@H](C)C(=O)NC(=O)NC2CCCC2)C1. The van der Waals surface area contributed by atoms with Gasteiger partial charge in [0.25, 0.3) is 0 Å². The van der Waals surface area contributed by atoms with Crippen molar-refractivity contribution >= 4 is 11.9 Å². The Bertz CT molecular complexity index is 370. The Morgan fingerprint density at radius 3 is 2.24 bits per heavy atom. The van der Waals surface area contributed by atoms with Gasteiger partial charge in [0.05, 0.1) is 6.04 Å². The average molecular weight is 295 g/mol. The van der Waals surface area contributed by atoms with Gasteiger partial charge in [0.15, 0.2) is 0 Å². The molecular weight excluding hydrogens is 266 g/mol. The molecule has 1 heterocycles. The molecule has 120 valence electrons. The van der Waals surface area contributed by atoms with E-state index in [-0.39, 0.29) is 24.0 Å². The molecule has 0 aromatic rings. The molecule has 21 heavy (non-hydrogen) atoms. The zero-order chi connectivity index (χ0) is 15.4. The Kier molecular flexibility index (Phi) is 5.62.